The zero-order valence-electron chi connectivity index (χ0n) is 14.9. The van der Waals surface area contributed by atoms with Crippen LogP contribution in [0.1, 0.15) is 66.7 Å². The molecule has 0 aromatic heterocycles. The van der Waals surface area contributed by atoms with Gasteiger partial charge >= 0.3 is 0 Å². The van der Waals surface area contributed by atoms with E-state index in [0.717, 1.165) is 36.8 Å². The van der Waals surface area contributed by atoms with Crippen LogP contribution >= 0.6 is 0 Å². The molecule has 22 heavy (non-hydrogen) atoms. The van der Waals surface area contributed by atoms with Gasteiger partial charge in [-0.2, -0.15) is 0 Å². The van der Waals surface area contributed by atoms with Crippen LogP contribution in [-0.4, -0.2) is 17.5 Å². The molecule has 124 valence electrons. The maximum atomic E-state index is 12.0. The van der Waals surface area contributed by atoms with Crippen LogP contribution in [0.4, 0.5) is 0 Å². The summed E-state index contributed by atoms with van der Waals surface area (Å²) in [5.41, 5.74) is 4.78. The first kappa shape index (κ1) is 20.6. The monoisotopic (exact) mass is 304 g/mol. The van der Waals surface area contributed by atoms with Gasteiger partial charge in [-0.1, -0.05) is 40.5 Å². The average Bonchev–Trinajstić information content (AvgIpc) is 2.37. The third-order valence-corrected chi connectivity index (χ3v) is 3.42. The van der Waals surface area contributed by atoms with Gasteiger partial charge in [0.1, 0.15) is 0 Å². The Kier molecular flexibility index (Phi) is 11.4. The van der Waals surface area contributed by atoms with Gasteiger partial charge in [0, 0.05) is 6.42 Å². The maximum absolute atomic E-state index is 12.0. The van der Waals surface area contributed by atoms with Gasteiger partial charge in [0.15, 0.2) is 5.78 Å². The molecule has 0 saturated carbocycles. The fourth-order valence-electron chi connectivity index (χ4n) is 2.14. The predicted octanol–water partition coefficient (Wildman–Crippen LogP) is 5.30. The molecule has 0 aliphatic rings. The summed E-state index contributed by atoms with van der Waals surface area (Å²) in [5, 5.41) is 8.79. The summed E-state index contributed by atoms with van der Waals surface area (Å²) in [4.78, 5) is 12.0. The largest absolute Gasteiger partial charge is 0.392 e. The zero-order valence-corrected chi connectivity index (χ0v) is 14.9. The summed E-state index contributed by atoms with van der Waals surface area (Å²) in [7, 11) is 0. The van der Waals surface area contributed by atoms with E-state index in [2.05, 4.69) is 26.0 Å². The summed E-state index contributed by atoms with van der Waals surface area (Å²) < 4.78 is 0. The first-order valence-electron chi connectivity index (χ1n) is 8.10. The summed E-state index contributed by atoms with van der Waals surface area (Å²) in [6.45, 7) is 10.3. The molecule has 0 aromatic rings. The van der Waals surface area contributed by atoms with E-state index in [1.54, 1.807) is 6.08 Å². The van der Waals surface area contributed by atoms with Crippen molar-refractivity contribution >= 4 is 5.78 Å². The van der Waals surface area contributed by atoms with Gasteiger partial charge in [-0.3, -0.25) is 4.79 Å². The Hall–Kier alpha value is -1.41. The third-order valence-electron chi connectivity index (χ3n) is 3.42. The van der Waals surface area contributed by atoms with Crippen molar-refractivity contribution in [3.63, 3.8) is 0 Å². The fourth-order valence-corrected chi connectivity index (χ4v) is 2.14. The number of hydrogen-bond donors (Lipinski definition) is 1. The molecule has 0 bridgehead atoms. The third kappa shape index (κ3) is 12.3. The Labute approximate surface area is 136 Å². The summed E-state index contributed by atoms with van der Waals surface area (Å²) in [6, 6.07) is 0. The second-order valence-corrected chi connectivity index (χ2v) is 6.28. The second kappa shape index (κ2) is 12.2. The minimum atomic E-state index is 0.101. The molecular weight excluding hydrogens is 272 g/mol. The molecule has 0 unspecified atom stereocenters. The van der Waals surface area contributed by atoms with Gasteiger partial charge in [-0.05, 0) is 66.4 Å². The lowest BCUT2D eigenvalue weighted by Gasteiger charge is -2.02. The number of hydrogen-bond acceptors (Lipinski definition) is 2. The fraction of sp³-hybridized carbons (Fsp3) is 0.550. The standard InChI is InChI=1S/C20H32O2/c1-16(2)8-6-10-18(4)14-20(22)15-19(5)11-7-9-17(3)12-13-21/h8,11-12,14,21H,6-7,9-10,13,15H2,1-5H3/b17-12+,18-14+,19-11?. The first-order chi connectivity index (χ1) is 10.3. The molecule has 0 heterocycles. The molecule has 0 spiro atoms. The summed E-state index contributed by atoms with van der Waals surface area (Å²) in [6.07, 6.45) is 12.2. The van der Waals surface area contributed by atoms with Crippen molar-refractivity contribution < 1.29 is 9.90 Å². The van der Waals surface area contributed by atoms with Crippen molar-refractivity contribution in [2.45, 2.75) is 66.7 Å². The number of carbonyl (C=O) groups is 1. The summed E-state index contributed by atoms with van der Waals surface area (Å²) in [5.74, 6) is 0.186. The van der Waals surface area contributed by atoms with Crippen LogP contribution in [0, 0.1) is 0 Å². The predicted molar refractivity (Wildman–Crippen MR) is 95.9 cm³/mol. The molecule has 0 rings (SSSR count). The molecule has 0 amide bonds. The highest BCUT2D eigenvalue weighted by Crippen LogP contribution is 2.11. The summed E-state index contributed by atoms with van der Waals surface area (Å²) >= 11 is 0. The zero-order chi connectivity index (χ0) is 17.0. The van der Waals surface area contributed by atoms with Gasteiger partial charge in [0.2, 0.25) is 0 Å². The molecule has 0 aliphatic carbocycles. The highest BCUT2D eigenvalue weighted by atomic mass is 16.2. The van der Waals surface area contributed by atoms with Gasteiger partial charge in [0.05, 0.1) is 6.61 Å². The van der Waals surface area contributed by atoms with Crippen LogP contribution in [0.3, 0.4) is 0 Å². The number of ketones is 1. The molecule has 2 heteroatoms. The van der Waals surface area contributed by atoms with Crippen LogP contribution in [0.25, 0.3) is 0 Å². The van der Waals surface area contributed by atoms with Gasteiger partial charge in [-0.15, -0.1) is 0 Å². The average molecular weight is 304 g/mol. The molecular formula is C20H32O2. The highest BCUT2D eigenvalue weighted by Gasteiger charge is 2.01. The van der Waals surface area contributed by atoms with E-state index in [-0.39, 0.29) is 12.4 Å². The number of aliphatic hydroxyl groups excluding tert-OH is 1. The molecule has 0 atom stereocenters. The Balaban J connectivity index is 4.23. The lowest BCUT2D eigenvalue weighted by molar-refractivity contribution is -0.114. The quantitative estimate of drug-likeness (QED) is 0.439. The van der Waals surface area contributed by atoms with Crippen molar-refractivity contribution in [3.8, 4) is 0 Å². The normalized spacial score (nSPS) is 13.3. The number of aliphatic hydroxyl groups is 1. The molecule has 0 fully saturated rings. The smallest absolute Gasteiger partial charge is 0.159 e. The van der Waals surface area contributed by atoms with E-state index in [9.17, 15) is 4.79 Å². The Morgan fingerprint density at radius 3 is 2.00 bits per heavy atom. The number of allylic oxidation sites excluding steroid dienone is 7. The van der Waals surface area contributed by atoms with Crippen molar-refractivity contribution in [3.05, 3.63) is 46.6 Å². The van der Waals surface area contributed by atoms with Crippen LogP contribution in [0.15, 0.2) is 46.6 Å². The van der Waals surface area contributed by atoms with E-state index in [0.29, 0.717) is 6.42 Å². The van der Waals surface area contributed by atoms with Crippen molar-refractivity contribution in [1.29, 1.82) is 0 Å². The van der Waals surface area contributed by atoms with E-state index in [4.69, 9.17) is 5.11 Å². The molecule has 1 N–H and O–H groups in total. The van der Waals surface area contributed by atoms with Gasteiger partial charge in [-0.25, -0.2) is 0 Å². The lowest BCUT2D eigenvalue weighted by Crippen LogP contribution is -1.95. The number of rotatable bonds is 10. The lowest BCUT2D eigenvalue weighted by atomic mass is 10.0. The van der Waals surface area contributed by atoms with Gasteiger partial charge in [0.25, 0.3) is 0 Å². The van der Waals surface area contributed by atoms with Crippen LogP contribution in [0.2, 0.25) is 0 Å². The van der Waals surface area contributed by atoms with Crippen LogP contribution in [-0.2, 0) is 4.79 Å². The van der Waals surface area contributed by atoms with Gasteiger partial charge < -0.3 is 5.11 Å². The molecule has 0 aromatic carbocycles. The molecule has 0 radical (unpaired) electrons. The molecule has 0 saturated heterocycles. The van der Waals surface area contributed by atoms with Crippen LogP contribution < -0.4 is 0 Å². The topological polar surface area (TPSA) is 37.3 Å². The van der Waals surface area contributed by atoms with Crippen molar-refractivity contribution in [1.82, 2.24) is 0 Å². The van der Waals surface area contributed by atoms with Crippen LogP contribution in [0.5, 0.6) is 0 Å². The minimum absolute atomic E-state index is 0.101. The molecule has 0 aliphatic heterocycles. The minimum Gasteiger partial charge on any atom is -0.392 e. The van der Waals surface area contributed by atoms with Crippen molar-refractivity contribution in [2.24, 2.45) is 0 Å². The van der Waals surface area contributed by atoms with Crippen molar-refractivity contribution in [2.75, 3.05) is 6.61 Å². The van der Waals surface area contributed by atoms with E-state index in [1.165, 1.54) is 11.1 Å². The Bertz CT molecular complexity index is 458. The first-order valence-corrected chi connectivity index (χ1v) is 8.10. The highest BCUT2D eigenvalue weighted by molar-refractivity contribution is 5.91. The van der Waals surface area contributed by atoms with E-state index in [1.807, 2.05) is 26.8 Å². The molecule has 2 nitrogen and oxygen atoms in total. The number of carbonyl (C=O) groups excluding carboxylic acids is 1. The Morgan fingerprint density at radius 2 is 1.41 bits per heavy atom. The Morgan fingerprint density at radius 1 is 0.818 bits per heavy atom. The SMILES string of the molecule is CC(C)=CCC/C(C)=C/C(=O)CC(C)=CCC/C(C)=C/CO. The second-order valence-electron chi connectivity index (χ2n) is 6.28. The maximum Gasteiger partial charge on any atom is 0.159 e. The van der Waals surface area contributed by atoms with E-state index >= 15 is 0 Å². The van der Waals surface area contributed by atoms with E-state index < -0.39 is 0 Å².